The number of allylic oxidation sites excluding steroid dienone is 1. The van der Waals surface area contributed by atoms with Crippen molar-refractivity contribution < 1.29 is 9.59 Å². The summed E-state index contributed by atoms with van der Waals surface area (Å²) in [5, 5.41) is 2.36. The molecule has 0 bridgehead atoms. The Morgan fingerprint density at radius 2 is 2.18 bits per heavy atom. The number of rotatable bonds is 5. The van der Waals surface area contributed by atoms with E-state index in [1.165, 1.54) is 0 Å². The molecule has 0 heterocycles. The minimum absolute atomic E-state index is 0.0873. The third-order valence-electron chi connectivity index (χ3n) is 1.04. The van der Waals surface area contributed by atoms with Gasteiger partial charge in [0.25, 0.3) is 0 Å². The van der Waals surface area contributed by atoms with Gasteiger partial charge in [0.2, 0.25) is 11.8 Å². The van der Waals surface area contributed by atoms with Crippen LogP contribution in [0.1, 0.15) is 12.8 Å². The molecular weight excluding hydrogens is 144 g/mol. The second kappa shape index (κ2) is 5.46. The second-order valence-electron chi connectivity index (χ2n) is 2.07. The second-order valence-corrected chi connectivity index (χ2v) is 2.07. The zero-order valence-electron chi connectivity index (χ0n) is 6.30. The number of hydrogen-bond acceptors (Lipinski definition) is 2. The molecule has 4 heteroatoms. The minimum Gasteiger partial charge on any atom is -0.368 e. The van der Waals surface area contributed by atoms with Gasteiger partial charge in [-0.1, -0.05) is 6.08 Å². The van der Waals surface area contributed by atoms with E-state index >= 15 is 0 Å². The predicted octanol–water partition coefficient (Wildman–Crippen LogP) is -0.446. The molecule has 4 nitrogen and oxygen atoms in total. The van der Waals surface area contributed by atoms with E-state index < -0.39 is 5.91 Å². The normalized spacial score (nSPS) is 8.73. The van der Waals surface area contributed by atoms with Gasteiger partial charge in [-0.25, -0.2) is 0 Å². The van der Waals surface area contributed by atoms with Gasteiger partial charge in [-0.05, 0) is 6.42 Å². The lowest BCUT2D eigenvalue weighted by atomic mass is 10.3. The Morgan fingerprint density at radius 1 is 1.55 bits per heavy atom. The van der Waals surface area contributed by atoms with Crippen LogP contribution in [0.25, 0.3) is 0 Å². The first-order chi connectivity index (χ1) is 5.16. The summed E-state index contributed by atoms with van der Waals surface area (Å²) in [6.07, 6.45) is 2.62. The number of carbonyl (C=O) groups excluding carboxylic acids is 2. The van der Waals surface area contributed by atoms with Gasteiger partial charge in [0.15, 0.2) is 0 Å². The van der Waals surface area contributed by atoms with Gasteiger partial charge in [-0.15, -0.1) is 6.58 Å². The summed E-state index contributed by atoms with van der Waals surface area (Å²) >= 11 is 0. The summed E-state index contributed by atoms with van der Waals surface area (Å²) in [7, 11) is 0. The average molecular weight is 156 g/mol. The van der Waals surface area contributed by atoms with E-state index in [1.807, 2.05) is 0 Å². The van der Waals surface area contributed by atoms with Crippen LogP contribution >= 0.6 is 0 Å². The van der Waals surface area contributed by atoms with Crippen molar-refractivity contribution in [1.82, 2.24) is 5.32 Å². The van der Waals surface area contributed by atoms with Gasteiger partial charge >= 0.3 is 0 Å². The highest BCUT2D eigenvalue weighted by atomic mass is 16.2. The lowest BCUT2D eigenvalue weighted by molar-refractivity contribution is -0.124. The molecule has 0 aromatic rings. The molecule has 0 rings (SSSR count). The molecule has 0 fully saturated rings. The third-order valence-corrected chi connectivity index (χ3v) is 1.04. The molecular formula is C7H12N2O2. The Kier molecular flexibility index (Phi) is 4.81. The Hall–Kier alpha value is -1.32. The SMILES string of the molecule is C=CCCC(=O)NCC(N)=O. The van der Waals surface area contributed by atoms with Crippen LogP contribution in [0.5, 0.6) is 0 Å². The average Bonchev–Trinajstić information content (AvgIpc) is 1.97. The van der Waals surface area contributed by atoms with Gasteiger partial charge in [0, 0.05) is 6.42 Å². The van der Waals surface area contributed by atoms with Crippen molar-refractivity contribution in [2.75, 3.05) is 6.54 Å². The number of nitrogens with one attached hydrogen (secondary N) is 1. The Labute approximate surface area is 65.5 Å². The molecule has 0 atom stereocenters. The van der Waals surface area contributed by atoms with Gasteiger partial charge in [-0.2, -0.15) is 0 Å². The fourth-order valence-electron chi connectivity index (χ4n) is 0.507. The van der Waals surface area contributed by atoms with E-state index in [1.54, 1.807) is 6.08 Å². The van der Waals surface area contributed by atoms with Gasteiger partial charge < -0.3 is 11.1 Å². The van der Waals surface area contributed by atoms with Crippen LogP contribution in [0.3, 0.4) is 0 Å². The summed E-state index contributed by atoms with van der Waals surface area (Å²) < 4.78 is 0. The molecule has 0 aliphatic carbocycles. The number of amides is 2. The highest BCUT2D eigenvalue weighted by Crippen LogP contribution is 1.87. The first-order valence-corrected chi connectivity index (χ1v) is 3.32. The highest BCUT2D eigenvalue weighted by molar-refractivity contribution is 5.83. The zero-order chi connectivity index (χ0) is 8.69. The zero-order valence-corrected chi connectivity index (χ0v) is 6.30. The summed E-state index contributed by atoms with van der Waals surface area (Å²) in [5.41, 5.74) is 4.80. The van der Waals surface area contributed by atoms with Crippen molar-refractivity contribution in [2.24, 2.45) is 5.73 Å². The highest BCUT2D eigenvalue weighted by Gasteiger charge is 1.99. The van der Waals surface area contributed by atoms with Gasteiger partial charge in [-0.3, -0.25) is 9.59 Å². The van der Waals surface area contributed by atoms with Gasteiger partial charge in [0.05, 0.1) is 6.54 Å². The Bertz CT molecular complexity index is 166. The monoisotopic (exact) mass is 156 g/mol. The summed E-state index contributed by atoms with van der Waals surface area (Å²) in [6.45, 7) is 3.37. The van der Waals surface area contributed by atoms with Crippen LogP contribution in [0.2, 0.25) is 0 Å². The van der Waals surface area contributed by atoms with Crippen molar-refractivity contribution in [2.45, 2.75) is 12.8 Å². The smallest absolute Gasteiger partial charge is 0.236 e. The Balaban J connectivity index is 3.37. The van der Waals surface area contributed by atoms with Crippen molar-refractivity contribution >= 4 is 11.8 Å². The van der Waals surface area contributed by atoms with Crippen molar-refractivity contribution in [3.05, 3.63) is 12.7 Å². The summed E-state index contributed by atoms with van der Waals surface area (Å²) in [5.74, 6) is -0.708. The number of primary amides is 1. The maximum atomic E-state index is 10.7. The maximum absolute atomic E-state index is 10.7. The largest absolute Gasteiger partial charge is 0.368 e. The molecule has 0 aliphatic rings. The molecule has 0 aliphatic heterocycles. The lowest BCUT2D eigenvalue weighted by Gasteiger charge is -1.99. The molecule has 11 heavy (non-hydrogen) atoms. The maximum Gasteiger partial charge on any atom is 0.236 e. The molecule has 3 N–H and O–H groups in total. The number of carbonyl (C=O) groups is 2. The van der Waals surface area contributed by atoms with Crippen LogP contribution in [-0.2, 0) is 9.59 Å². The van der Waals surface area contributed by atoms with E-state index in [-0.39, 0.29) is 12.5 Å². The Morgan fingerprint density at radius 3 is 2.64 bits per heavy atom. The fourth-order valence-corrected chi connectivity index (χ4v) is 0.507. The predicted molar refractivity (Wildman–Crippen MR) is 41.6 cm³/mol. The van der Waals surface area contributed by atoms with Crippen LogP contribution in [0.15, 0.2) is 12.7 Å². The standard InChI is InChI=1S/C7H12N2O2/c1-2-3-4-7(11)9-5-6(8)10/h2H,1,3-5H2,(H2,8,10)(H,9,11). The minimum atomic E-state index is -0.531. The number of nitrogens with two attached hydrogens (primary N) is 1. The third kappa shape index (κ3) is 6.57. The van der Waals surface area contributed by atoms with E-state index in [2.05, 4.69) is 11.9 Å². The molecule has 62 valence electrons. The number of hydrogen-bond donors (Lipinski definition) is 2. The molecule has 0 aromatic carbocycles. The molecule has 0 radical (unpaired) electrons. The summed E-state index contributed by atoms with van der Waals surface area (Å²) in [4.78, 5) is 20.9. The lowest BCUT2D eigenvalue weighted by Crippen LogP contribution is -2.32. The fraction of sp³-hybridized carbons (Fsp3) is 0.429. The van der Waals surface area contributed by atoms with Crippen molar-refractivity contribution in [3.8, 4) is 0 Å². The van der Waals surface area contributed by atoms with Crippen LogP contribution in [0, 0.1) is 0 Å². The molecule has 0 unspecified atom stereocenters. The first-order valence-electron chi connectivity index (χ1n) is 3.32. The first kappa shape index (κ1) is 9.68. The molecule has 0 aromatic heterocycles. The van der Waals surface area contributed by atoms with E-state index in [0.29, 0.717) is 12.8 Å². The quantitative estimate of drug-likeness (QED) is 0.529. The molecule has 0 spiro atoms. The van der Waals surface area contributed by atoms with E-state index in [0.717, 1.165) is 0 Å². The van der Waals surface area contributed by atoms with Crippen molar-refractivity contribution in [1.29, 1.82) is 0 Å². The van der Waals surface area contributed by atoms with Crippen LogP contribution < -0.4 is 11.1 Å². The van der Waals surface area contributed by atoms with Crippen LogP contribution in [-0.4, -0.2) is 18.4 Å². The summed E-state index contributed by atoms with van der Waals surface area (Å²) in [6, 6.07) is 0. The van der Waals surface area contributed by atoms with E-state index in [9.17, 15) is 9.59 Å². The molecule has 0 saturated heterocycles. The van der Waals surface area contributed by atoms with Gasteiger partial charge in [0.1, 0.15) is 0 Å². The van der Waals surface area contributed by atoms with Crippen LogP contribution in [0.4, 0.5) is 0 Å². The molecule has 2 amide bonds. The van der Waals surface area contributed by atoms with Crippen molar-refractivity contribution in [3.63, 3.8) is 0 Å². The topological polar surface area (TPSA) is 72.2 Å². The molecule has 0 saturated carbocycles. The van der Waals surface area contributed by atoms with E-state index in [4.69, 9.17) is 5.73 Å².